The van der Waals surface area contributed by atoms with Gasteiger partial charge in [-0.2, -0.15) is 0 Å². The van der Waals surface area contributed by atoms with Crippen LogP contribution in [-0.4, -0.2) is 84.7 Å². The first-order chi connectivity index (χ1) is 10.7. The zero-order valence-electron chi connectivity index (χ0n) is 13.5. The monoisotopic (exact) mass is 336 g/mol. The van der Waals surface area contributed by atoms with Crippen molar-refractivity contribution in [2.45, 2.75) is 14.4 Å². The van der Waals surface area contributed by atoms with Crippen molar-refractivity contribution in [3.8, 4) is 0 Å². The maximum Gasteiger partial charge on any atom is 0.246 e. The molecule has 0 rings (SSSR count). The van der Waals surface area contributed by atoms with Gasteiger partial charge in [-0.25, -0.2) is 0 Å². The van der Waals surface area contributed by atoms with E-state index in [9.17, 15) is 9.59 Å². The molecule has 0 saturated carbocycles. The van der Waals surface area contributed by atoms with E-state index in [2.05, 4.69) is 10.6 Å². The van der Waals surface area contributed by atoms with Crippen LogP contribution >= 0.6 is 0 Å². The van der Waals surface area contributed by atoms with Crippen LogP contribution in [0.5, 0.6) is 0 Å². The maximum atomic E-state index is 11.3. The third kappa shape index (κ3) is 20.9. The van der Waals surface area contributed by atoms with Crippen molar-refractivity contribution in [2.75, 3.05) is 73.0 Å². The van der Waals surface area contributed by atoms with Gasteiger partial charge in [-0.05, 0) is 14.0 Å². The lowest BCUT2D eigenvalue weighted by Crippen LogP contribution is -2.31. The zero-order chi connectivity index (χ0) is 16.5. The van der Waals surface area contributed by atoms with Crippen LogP contribution in [-0.2, 0) is 28.5 Å². The SMILES string of the molecule is C.CNCCOCCOCCOCCNC(=O)COCC(C)=O. The van der Waals surface area contributed by atoms with Gasteiger partial charge < -0.3 is 29.6 Å². The summed E-state index contributed by atoms with van der Waals surface area (Å²) in [6, 6.07) is 0. The molecular weight excluding hydrogens is 304 g/mol. The Morgan fingerprint density at radius 2 is 1.30 bits per heavy atom. The van der Waals surface area contributed by atoms with E-state index in [1.165, 1.54) is 6.92 Å². The fourth-order valence-corrected chi connectivity index (χ4v) is 1.32. The van der Waals surface area contributed by atoms with Gasteiger partial charge in [-0.1, -0.05) is 7.43 Å². The summed E-state index contributed by atoms with van der Waals surface area (Å²) < 4.78 is 20.8. The van der Waals surface area contributed by atoms with Crippen LogP contribution in [0.4, 0.5) is 0 Å². The van der Waals surface area contributed by atoms with Crippen LogP contribution in [0.25, 0.3) is 0 Å². The van der Waals surface area contributed by atoms with Crippen LogP contribution in [0.2, 0.25) is 0 Å². The molecule has 0 spiro atoms. The number of hydrogen-bond acceptors (Lipinski definition) is 7. The van der Waals surface area contributed by atoms with E-state index in [1.807, 2.05) is 7.05 Å². The molecule has 0 heterocycles. The quantitative estimate of drug-likeness (QED) is 0.371. The second kappa shape index (κ2) is 19.0. The minimum Gasteiger partial charge on any atom is -0.378 e. The molecule has 2 N–H and O–H groups in total. The highest BCUT2D eigenvalue weighted by atomic mass is 16.5. The minimum atomic E-state index is -0.264. The van der Waals surface area contributed by atoms with E-state index in [1.54, 1.807) is 0 Å². The lowest BCUT2D eigenvalue weighted by atomic mass is 10.5. The maximum absolute atomic E-state index is 11.3. The fourth-order valence-electron chi connectivity index (χ4n) is 1.32. The number of likely N-dealkylation sites (N-methyl/N-ethyl adjacent to an activating group) is 1. The minimum absolute atomic E-state index is 0. The number of carbonyl (C=O) groups is 2. The van der Waals surface area contributed by atoms with Gasteiger partial charge in [-0.3, -0.25) is 9.59 Å². The first-order valence-corrected chi connectivity index (χ1v) is 7.38. The summed E-state index contributed by atoms with van der Waals surface area (Å²) in [5, 5.41) is 5.60. The Bertz CT molecular complexity index is 289. The number of nitrogens with one attached hydrogen (secondary N) is 2. The third-order valence-electron chi connectivity index (χ3n) is 2.35. The average Bonchev–Trinajstić information content (AvgIpc) is 2.48. The average molecular weight is 336 g/mol. The Kier molecular flexibility index (Phi) is 20.0. The van der Waals surface area contributed by atoms with E-state index in [0.717, 1.165) is 6.54 Å². The molecule has 0 saturated heterocycles. The normalized spacial score (nSPS) is 10.2. The molecule has 0 bridgehead atoms. The molecule has 0 aliphatic heterocycles. The second-order valence-corrected chi connectivity index (χ2v) is 4.49. The van der Waals surface area contributed by atoms with Crippen molar-refractivity contribution >= 4 is 11.7 Å². The van der Waals surface area contributed by atoms with Crippen LogP contribution < -0.4 is 10.6 Å². The Labute approximate surface area is 139 Å². The zero-order valence-corrected chi connectivity index (χ0v) is 13.5. The number of hydrogen-bond donors (Lipinski definition) is 2. The molecule has 0 aliphatic rings. The molecule has 138 valence electrons. The van der Waals surface area contributed by atoms with Crippen molar-refractivity contribution < 1.29 is 28.5 Å². The molecule has 0 aromatic carbocycles. The van der Waals surface area contributed by atoms with Crippen molar-refractivity contribution in [3.05, 3.63) is 0 Å². The number of ketones is 1. The van der Waals surface area contributed by atoms with Gasteiger partial charge in [0.05, 0.1) is 39.6 Å². The van der Waals surface area contributed by atoms with Crippen LogP contribution in [0.15, 0.2) is 0 Å². The van der Waals surface area contributed by atoms with E-state index in [4.69, 9.17) is 18.9 Å². The summed E-state index contributed by atoms with van der Waals surface area (Å²) in [4.78, 5) is 21.9. The Morgan fingerprint density at radius 3 is 1.83 bits per heavy atom. The summed E-state index contributed by atoms with van der Waals surface area (Å²) >= 11 is 0. The number of amides is 1. The summed E-state index contributed by atoms with van der Waals surface area (Å²) in [7, 11) is 1.87. The predicted molar refractivity (Wildman–Crippen MR) is 87.6 cm³/mol. The van der Waals surface area contributed by atoms with Gasteiger partial charge in [0, 0.05) is 13.1 Å². The molecule has 0 aromatic heterocycles. The van der Waals surface area contributed by atoms with Gasteiger partial charge >= 0.3 is 0 Å². The lowest BCUT2D eigenvalue weighted by molar-refractivity contribution is -0.129. The molecule has 8 heteroatoms. The van der Waals surface area contributed by atoms with E-state index in [-0.39, 0.29) is 32.3 Å². The van der Waals surface area contributed by atoms with Crippen molar-refractivity contribution in [1.82, 2.24) is 10.6 Å². The Balaban J connectivity index is 0. The molecule has 23 heavy (non-hydrogen) atoms. The highest BCUT2D eigenvalue weighted by molar-refractivity contribution is 5.79. The van der Waals surface area contributed by atoms with Gasteiger partial charge in [0.1, 0.15) is 13.2 Å². The van der Waals surface area contributed by atoms with Gasteiger partial charge in [-0.15, -0.1) is 0 Å². The number of carbonyl (C=O) groups excluding carboxylic acids is 2. The highest BCUT2D eigenvalue weighted by Crippen LogP contribution is 1.81. The Hall–Kier alpha value is -1.06. The first-order valence-electron chi connectivity index (χ1n) is 7.38. The molecule has 0 atom stereocenters. The van der Waals surface area contributed by atoms with Gasteiger partial charge in [0.25, 0.3) is 0 Å². The first kappa shape index (κ1) is 24.2. The van der Waals surface area contributed by atoms with E-state index < -0.39 is 0 Å². The van der Waals surface area contributed by atoms with Crippen molar-refractivity contribution in [2.24, 2.45) is 0 Å². The lowest BCUT2D eigenvalue weighted by Gasteiger charge is -2.08. The standard InChI is InChI=1S/C14H28N2O6.CH4/c1-13(17)11-22-12-14(18)16-4-6-20-8-10-21-9-7-19-5-3-15-2;/h15H,3-12H2,1-2H3,(H,16,18);1H4. The summed E-state index contributed by atoms with van der Waals surface area (Å²) in [6.07, 6.45) is 0. The molecule has 0 aromatic rings. The van der Waals surface area contributed by atoms with Gasteiger partial charge in [0.15, 0.2) is 5.78 Å². The second-order valence-electron chi connectivity index (χ2n) is 4.49. The molecular formula is C15H32N2O6. The molecule has 0 fully saturated rings. The van der Waals surface area contributed by atoms with Crippen LogP contribution in [0, 0.1) is 0 Å². The number of Topliss-reactive ketones (excluding diaryl/α,β-unsaturated/α-hetero) is 1. The molecule has 8 nitrogen and oxygen atoms in total. The number of ether oxygens (including phenoxy) is 4. The molecule has 0 unspecified atom stereocenters. The highest BCUT2D eigenvalue weighted by Gasteiger charge is 2.01. The summed E-state index contributed by atoms with van der Waals surface area (Å²) in [5.74, 6) is -0.372. The predicted octanol–water partition coefficient (Wildman–Crippen LogP) is -0.386. The molecule has 0 radical (unpaired) electrons. The molecule has 1 amide bonds. The van der Waals surface area contributed by atoms with Crippen LogP contribution in [0.3, 0.4) is 0 Å². The third-order valence-corrected chi connectivity index (χ3v) is 2.35. The number of rotatable bonds is 16. The Morgan fingerprint density at radius 1 is 0.783 bits per heavy atom. The fraction of sp³-hybridized carbons (Fsp3) is 0.867. The van der Waals surface area contributed by atoms with Gasteiger partial charge in [0.2, 0.25) is 5.91 Å². The summed E-state index contributed by atoms with van der Waals surface area (Å²) in [6.45, 7) is 5.61. The summed E-state index contributed by atoms with van der Waals surface area (Å²) in [5.41, 5.74) is 0. The smallest absolute Gasteiger partial charge is 0.246 e. The van der Waals surface area contributed by atoms with Crippen molar-refractivity contribution in [1.29, 1.82) is 0 Å². The largest absolute Gasteiger partial charge is 0.378 e. The topological polar surface area (TPSA) is 95.1 Å². The van der Waals surface area contributed by atoms with Crippen LogP contribution in [0.1, 0.15) is 14.4 Å². The van der Waals surface area contributed by atoms with E-state index >= 15 is 0 Å². The van der Waals surface area contributed by atoms with E-state index in [0.29, 0.717) is 46.2 Å². The molecule has 0 aliphatic carbocycles. The van der Waals surface area contributed by atoms with Crippen molar-refractivity contribution in [3.63, 3.8) is 0 Å².